The molecule has 0 saturated heterocycles. The summed E-state index contributed by atoms with van der Waals surface area (Å²) < 4.78 is 4.96. The van der Waals surface area contributed by atoms with Crippen LogP contribution in [0, 0.1) is 5.92 Å². The fourth-order valence-electron chi connectivity index (χ4n) is 2.27. The number of benzene rings is 1. The van der Waals surface area contributed by atoms with Crippen molar-refractivity contribution in [1.29, 1.82) is 0 Å². The Kier molecular flexibility index (Phi) is 6.56. The quantitative estimate of drug-likeness (QED) is 0.573. The van der Waals surface area contributed by atoms with Crippen LogP contribution in [0.3, 0.4) is 0 Å². The molecule has 2 atom stereocenters. The van der Waals surface area contributed by atoms with Crippen molar-refractivity contribution in [2.24, 2.45) is 5.92 Å². The predicted octanol–water partition coefficient (Wildman–Crippen LogP) is 3.17. The summed E-state index contributed by atoms with van der Waals surface area (Å²) in [6, 6.07) is 6.64. The van der Waals surface area contributed by atoms with E-state index in [1.54, 1.807) is 38.1 Å². The lowest BCUT2D eigenvalue weighted by molar-refractivity contribution is -0.154. The Morgan fingerprint density at radius 3 is 2.38 bits per heavy atom. The van der Waals surface area contributed by atoms with Crippen molar-refractivity contribution in [1.82, 2.24) is 0 Å². The van der Waals surface area contributed by atoms with Gasteiger partial charge in [0.2, 0.25) is 0 Å². The monoisotopic (exact) mass is 310 g/mol. The number of carbonyl (C=O) groups is 3. The van der Waals surface area contributed by atoms with Crippen LogP contribution in [-0.4, -0.2) is 24.1 Å². The van der Waals surface area contributed by atoms with E-state index in [4.69, 9.17) is 16.3 Å². The van der Waals surface area contributed by atoms with Crippen LogP contribution in [0.1, 0.15) is 38.7 Å². The van der Waals surface area contributed by atoms with Crippen LogP contribution in [0.4, 0.5) is 0 Å². The Balaban J connectivity index is 3.29. The third kappa shape index (κ3) is 4.39. The molecule has 0 N–H and O–H groups in total. The highest BCUT2D eigenvalue weighted by atomic mass is 35.5. The van der Waals surface area contributed by atoms with Gasteiger partial charge in [-0.1, -0.05) is 30.7 Å². The molecular weight excluding hydrogens is 292 g/mol. The van der Waals surface area contributed by atoms with Gasteiger partial charge in [-0.15, -0.1) is 0 Å². The first kappa shape index (κ1) is 17.4. The molecule has 4 nitrogen and oxygen atoms in total. The Labute approximate surface area is 129 Å². The molecule has 2 unspecified atom stereocenters. The summed E-state index contributed by atoms with van der Waals surface area (Å²) in [6.45, 7) is 4.84. The molecule has 0 aliphatic carbocycles. The molecule has 0 bridgehead atoms. The standard InChI is InChI=1S/C16H19ClO4/c1-4-13(19)15(16(20)21-5-2)14(10(3)18)11-7-6-8-12(17)9-11/h6-9,14-15H,4-5H2,1-3H3. The van der Waals surface area contributed by atoms with Crippen molar-refractivity contribution in [3.05, 3.63) is 34.9 Å². The van der Waals surface area contributed by atoms with E-state index >= 15 is 0 Å². The molecule has 0 aliphatic heterocycles. The van der Waals surface area contributed by atoms with E-state index < -0.39 is 17.8 Å². The Morgan fingerprint density at radius 2 is 1.90 bits per heavy atom. The number of ketones is 2. The van der Waals surface area contributed by atoms with Gasteiger partial charge in [0.15, 0.2) is 0 Å². The lowest BCUT2D eigenvalue weighted by Gasteiger charge is -2.22. The van der Waals surface area contributed by atoms with Gasteiger partial charge in [0, 0.05) is 11.4 Å². The van der Waals surface area contributed by atoms with Gasteiger partial charge in [-0.2, -0.15) is 0 Å². The van der Waals surface area contributed by atoms with E-state index in [9.17, 15) is 14.4 Å². The smallest absolute Gasteiger partial charge is 0.317 e. The van der Waals surface area contributed by atoms with Crippen LogP contribution in [0.5, 0.6) is 0 Å². The number of hydrogen-bond acceptors (Lipinski definition) is 4. The highest BCUT2D eigenvalue weighted by Crippen LogP contribution is 2.30. The first-order valence-electron chi connectivity index (χ1n) is 6.87. The van der Waals surface area contributed by atoms with Crippen molar-refractivity contribution in [3.63, 3.8) is 0 Å². The largest absolute Gasteiger partial charge is 0.465 e. The molecule has 0 heterocycles. The number of ether oxygens (including phenoxy) is 1. The van der Waals surface area contributed by atoms with E-state index in [2.05, 4.69) is 0 Å². The molecule has 114 valence electrons. The minimum Gasteiger partial charge on any atom is -0.465 e. The van der Waals surface area contributed by atoms with E-state index in [1.165, 1.54) is 6.92 Å². The van der Waals surface area contributed by atoms with Crippen LogP contribution < -0.4 is 0 Å². The first-order chi connectivity index (χ1) is 9.92. The van der Waals surface area contributed by atoms with Crippen LogP contribution in [-0.2, 0) is 19.1 Å². The second kappa shape index (κ2) is 7.93. The molecule has 0 spiro atoms. The minimum absolute atomic E-state index is 0.159. The average molecular weight is 311 g/mol. The Morgan fingerprint density at radius 1 is 1.24 bits per heavy atom. The third-order valence-corrected chi connectivity index (χ3v) is 3.45. The van der Waals surface area contributed by atoms with Crippen molar-refractivity contribution in [2.75, 3.05) is 6.61 Å². The average Bonchev–Trinajstić information content (AvgIpc) is 2.43. The molecule has 21 heavy (non-hydrogen) atoms. The second-order valence-electron chi connectivity index (χ2n) is 4.69. The number of rotatable bonds is 7. The van der Waals surface area contributed by atoms with Crippen LogP contribution in [0.25, 0.3) is 0 Å². The van der Waals surface area contributed by atoms with Crippen LogP contribution >= 0.6 is 11.6 Å². The zero-order valence-electron chi connectivity index (χ0n) is 12.4. The van der Waals surface area contributed by atoms with Gasteiger partial charge >= 0.3 is 5.97 Å². The molecule has 0 aliphatic rings. The molecule has 0 fully saturated rings. The maximum atomic E-state index is 12.1. The summed E-state index contributed by atoms with van der Waals surface area (Å²) in [4.78, 5) is 36.3. The number of halogens is 1. The maximum Gasteiger partial charge on any atom is 0.317 e. The minimum atomic E-state index is -1.12. The van der Waals surface area contributed by atoms with E-state index in [0.717, 1.165) is 0 Å². The zero-order valence-corrected chi connectivity index (χ0v) is 13.1. The molecule has 5 heteroatoms. The van der Waals surface area contributed by atoms with Crippen LogP contribution in [0.15, 0.2) is 24.3 Å². The van der Waals surface area contributed by atoms with Gasteiger partial charge < -0.3 is 4.74 Å². The SMILES string of the molecule is CCOC(=O)C(C(=O)CC)C(C(C)=O)c1cccc(Cl)c1. The lowest BCUT2D eigenvalue weighted by atomic mass is 9.80. The highest BCUT2D eigenvalue weighted by Gasteiger charge is 2.38. The van der Waals surface area contributed by atoms with Gasteiger partial charge in [-0.05, 0) is 31.5 Å². The zero-order chi connectivity index (χ0) is 16.0. The fourth-order valence-corrected chi connectivity index (χ4v) is 2.47. The van der Waals surface area contributed by atoms with Crippen molar-refractivity contribution in [2.45, 2.75) is 33.1 Å². The Bertz CT molecular complexity index is 539. The molecule has 0 radical (unpaired) electrons. The van der Waals surface area contributed by atoms with Crippen molar-refractivity contribution >= 4 is 29.1 Å². The summed E-state index contributed by atoms with van der Waals surface area (Å²) in [5.41, 5.74) is 0.551. The van der Waals surface area contributed by atoms with Crippen molar-refractivity contribution in [3.8, 4) is 0 Å². The molecule has 1 aromatic rings. The molecular formula is C16H19ClO4. The predicted molar refractivity (Wildman–Crippen MR) is 80.3 cm³/mol. The van der Waals surface area contributed by atoms with Gasteiger partial charge in [0.25, 0.3) is 0 Å². The molecule has 0 saturated carbocycles. The van der Waals surface area contributed by atoms with Crippen molar-refractivity contribution < 1.29 is 19.1 Å². The number of esters is 1. The lowest BCUT2D eigenvalue weighted by Crippen LogP contribution is -2.34. The molecule has 1 aromatic carbocycles. The highest BCUT2D eigenvalue weighted by molar-refractivity contribution is 6.30. The third-order valence-electron chi connectivity index (χ3n) is 3.21. The summed E-state index contributed by atoms with van der Waals surface area (Å²) >= 11 is 5.94. The summed E-state index contributed by atoms with van der Waals surface area (Å²) in [5, 5.41) is 0.449. The number of carbonyl (C=O) groups excluding carboxylic acids is 3. The van der Waals surface area contributed by atoms with Gasteiger partial charge in [-0.25, -0.2) is 0 Å². The van der Waals surface area contributed by atoms with E-state index in [1.807, 2.05) is 0 Å². The summed E-state index contributed by atoms with van der Waals surface area (Å²) in [6.07, 6.45) is 0.161. The van der Waals surface area contributed by atoms with Gasteiger partial charge in [-0.3, -0.25) is 14.4 Å². The number of hydrogen-bond donors (Lipinski definition) is 0. The summed E-state index contributed by atoms with van der Waals surface area (Å²) in [7, 11) is 0. The maximum absolute atomic E-state index is 12.1. The fraction of sp³-hybridized carbons (Fsp3) is 0.438. The van der Waals surface area contributed by atoms with Gasteiger partial charge in [0.1, 0.15) is 17.5 Å². The molecule has 0 aromatic heterocycles. The first-order valence-corrected chi connectivity index (χ1v) is 7.25. The molecule has 0 amide bonds. The topological polar surface area (TPSA) is 60.4 Å². The second-order valence-corrected chi connectivity index (χ2v) is 5.13. The normalized spacial score (nSPS) is 13.3. The van der Waals surface area contributed by atoms with E-state index in [-0.39, 0.29) is 24.6 Å². The van der Waals surface area contributed by atoms with Crippen LogP contribution in [0.2, 0.25) is 5.02 Å². The number of Topliss-reactive ketones (excluding diaryl/α,β-unsaturated/α-hetero) is 2. The van der Waals surface area contributed by atoms with Gasteiger partial charge in [0.05, 0.1) is 12.5 Å². The molecule has 1 rings (SSSR count). The summed E-state index contributed by atoms with van der Waals surface area (Å²) in [5.74, 6) is -3.23. The Hall–Kier alpha value is -1.68. The van der Waals surface area contributed by atoms with E-state index in [0.29, 0.717) is 10.6 Å².